The Morgan fingerprint density at radius 2 is 1.96 bits per heavy atom. The second-order valence-corrected chi connectivity index (χ2v) is 6.35. The number of carboxylic acid groups (broad SMARTS) is 1. The lowest BCUT2D eigenvalue weighted by Gasteiger charge is -2.23. The molecule has 1 amide bonds. The van der Waals surface area contributed by atoms with Gasteiger partial charge >= 0.3 is 6.09 Å². The van der Waals surface area contributed by atoms with Gasteiger partial charge in [-0.1, -0.05) is 6.07 Å². The van der Waals surface area contributed by atoms with Crippen LogP contribution in [0.15, 0.2) is 35.7 Å². The molecule has 0 fully saturated rings. The van der Waals surface area contributed by atoms with Crippen molar-refractivity contribution in [3.8, 4) is 0 Å². The molecule has 2 rings (SSSR count). The third-order valence-corrected chi connectivity index (χ3v) is 4.26. The SMILES string of the molecule is O=C(O)N[C@@H](Cc1cc(F)cc(F)c1)[C@H](O)CNCc1cccs1. The van der Waals surface area contributed by atoms with Crippen LogP contribution in [0.4, 0.5) is 13.6 Å². The summed E-state index contributed by atoms with van der Waals surface area (Å²) in [5, 5.41) is 26.3. The average molecular weight is 356 g/mol. The first kappa shape index (κ1) is 18.3. The van der Waals surface area contributed by atoms with Crippen LogP contribution < -0.4 is 10.6 Å². The zero-order valence-electron chi connectivity index (χ0n) is 12.7. The molecule has 1 heterocycles. The number of aliphatic hydroxyl groups excluding tert-OH is 1. The second kappa shape index (κ2) is 8.72. The van der Waals surface area contributed by atoms with E-state index in [0.717, 1.165) is 23.1 Å². The zero-order valence-corrected chi connectivity index (χ0v) is 13.5. The Bertz CT molecular complexity index is 647. The Labute approximate surface area is 141 Å². The molecular weight excluding hydrogens is 338 g/mol. The van der Waals surface area contributed by atoms with E-state index in [1.54, 1.807) is 11.3 Å². The molecule has 1 aromatic heterocycles. The number of aliphatic hydroxyl groups is 1. The van der Waals surface area contributed by atoms with E-state index in [2.05, 4.69) is 10.6 Å². The number of halogens is 2. The maximum absolute atomic E-state index is 13.3. The molecule has 0 aliphatic carbocycles. The highest BCUT2D eigenvalue weighted by Crippen LogP contribution is 2.12. The van der Waals surface area contributed by atoms with Crippen LogP contribution in [0.2, 0.25) is 0 Å². The van der Waals surface area contributed by atoms with E-state index < -0.39 is 29.9 Å². The smallest absolute Gasteiger partial charge is 0.404 e. The van der Waals surface area contributed by atoms with Gasteiger partial charge in [0, 0.05) is 24.0 Å². The van der Waals surface area contributed by atoms with E-state index in [1.807, 2.05) is 17.5 Å². The molecule has 0 aliphatic heterocycles. The Morgan fingerprint density at radius 3 is 2.54 bits per heavy atom. The van der Waals surface area contributed by atoms with Gasteiger partial charge in [0.15, 0.2) is 0 Å². The van der Waals surface area contributed by atoms with Crippen molar-refractivity contribution in [3.05, 3.63) is 57.8 Å². The van der Waals surface area contributed by atoms with Gasteiger partial charge in [-0.3, -0.25) is 0 Å². The normalized spacial score (nSPS) is 13.5. The Hall–Kier alpha value is -2.03. The third kappa shape index (κ3) is 5.88. The monoisotopic (exact) mass is 356 g/mol. The Morgan fingerprint density at radius 1 is 1.25 bits per heavy atom. The number of amides is 1. The summed E-state index contributed by atoms with van der Waals surface area (Å²) in [6, 6.07) is 5.93. The van der Waals surface area contributed by atoms with E-state index >= 15 is 0 Å². The molecule has 2 atom stereocenters. The number of hydrogen-bond acceptors (Lipinski definition) is 4. The molecule has 0 radical (unpaired) electrons. The molecule has 8 heteroatoms. The Balaban J connectivity index is 1.96. The Kier molecular flexibility index (Phi) is 6.65. The second-order valence-electron chi connectivity index (χ2n) is 5.32. The summed E-state index contributed by atoms with van der Waals surface area (Å²) in [4.78, 5) is 12.0. The van der Waals surface area contributed by atoms with Gasteiger partial charge in [0.2, 0.25) is 0 Å². The number of benzene rings is 1. The van der Waals surface area contributed by atoms with Gasteiger partial charge in [0.1, 0.15) is 11.6 Å². The van der Waals surface area contributed by atoms with Gasteiger partial charge in [-0.15, -0.1) is 11.3 Å². The molecular formula is C16H18F2N2O3S. The summed E-state index contributed by atoms with van der Waals surface area (Å²) >= 11 is 1.56. The van der Waals surface area contributed by atoms with Crippen LogP contribution in [0.3, 0.4) is 0 Å². The number of nitrogens with one attached hydrogen (secondary N) is 2. The predicted molar refractivity (Wildman–Crippen MR) is 87.0 cm³/mol. The van der Waals surface area contributed by atoms with Crippen molar-refractivity contribution >= 4 is 17.4 Å². The highest BCUT2D eigenvalue weighted by atomic mass is 32.1. The highest BCUT2D eigenvalue weighted by molar-refractivity contribution is 7.09. The molecule has 2 aromatic rings. The lowest BCUT2D eigenvalue weighted by Crippen LogP contribution is -2.48. The van der Waals surface area contributed by atoms with Crippen LogP contribution in [0.5, 0.6) is 0 Å². The fourth-order valence-electron chi connectivity index (χ4n) is 2.32. The van der Waals surface area contributed by atoms with Gasteiger partial charge in [-0.05, 0) is 35.6 Å². The first-order valence-electron chi connectivity index (χ1n) is 7.29. The fraction of sp³-hybridized carbons (Fsp3) is 0.312. The van der Waals surface area contributed by atoms with Crippen molar-refractivity contribution in [3.63, 3.8) is 0 Å². The summed E-state index contributed by atoms with van der Waals surface area (Å²) < 4.78 is 26.5. The van der Waals surface area contributed by atoms with Crippen molar-refractivity contribution < 1.29 is 23.8 Å². The third-order valence-electron chi connectivity index (χ3n) is 3.38. The zero-order chi connectivity index (χ0) is 17.5. The van der Waals surface area contributed by atoms with E-state index in [9.17, 15) is 18.7 Å². The maximum Gasteiger partial charge on any atom is 0.404 e. The number of rotatable bonds is 8. The van der Waals surface area contributed by atoms with E-state index in [-0.39, 0.29) is 18.5 Å². The van der Waals surface area contributed by atoms with Gasteiger partial charge in [-0.25, -0.2) is 13.6 Å². The highest BCUT2D eigenvalue weighted by Gasteiger charge is 2.22. The standard InChI is InChI=1S/C16H18F2N2O3S/c17-11-4-10(5-12(18)7-11)6-14(20-16(22)23)15(21)9-19-8-13-2-1-3-24-13/h1-5,7,14-15,19-21H,6,8-9H2,(H,22,23)/t14-,15+/m0/s1. The summed E-state index contributed by atoms with van der Waals surface area (Å²) in [5.74, 6) is -1.49. The number of thiophene rings is 1. The van der Waals surface area contributed by atoms with Crippen LogP contribution in [-0.4, -0.2) is 35.0 Å². The molecule has 130 valence electrons. The van der Waals surface area contributed by atoms with Crippen molar-refractivity contribution in [1.82, 2.24) is 10.6 Å². The molecule has 0 bridgehead atoms. The molecule has 24 heavy (non-hydrogen) atoms. The van der Waals surface area contributed by atoms with Crippen LogP contribution >= 0.6 is 11.3 Å². The van der Waals surface area contributed by atoms with Crippen molar-refractivity contribution in [2.75, 3.05) is 6.54 Å². The summed E-state index contributed by atoms with van der Waals surface area (Å²) in [6.45, 7) is 0.684. The first-order valence-corrected chi connectivity index (χ1v) is 8.17. The lowest BCUT2D eigenvalue weighted by molar-refractivity contribution is 0.117. The fourth-order valence-corrected chi connectivity index (χ4v) is 3.00. The summed E-state index contributed by atoms with van der Waals surface area (Å²) in [7, 11) is 0. The van der Waals surface area contributed by atoms with Gasteiger partial charge in [0.25, 0.3) is 0 Å². The van der Waals surface area contributed by atoms with Gasteiger partial charge in [-0.2, -0.15) is 0 Å². The molecule has 0 saturated carbocycles. The van der Waals surface area contributed by atoms with Crippen molar-refractivity contribution in [2.24, 2.45) is 0 Å². The first-order chi connectivity index (χ1) is 11.4. The average Bonchev–Trinajstić information content (AvgIpc) is 2.98. The van der Waals surface area contributed by atoms with E-state index in [1.165, 1.54) is 0 Å². The van der Waals surface area contributed by atoms with Gasteiger partial charge in [0.05, 0.1) is 12.1 Å². The minimum absolute atomic E-state index is 0.0250. The quantitative estimate of drug-likeness (QED) is 0.585. The lowest BCUT2D eigenvalue weighted by atomic mass is 10.0. The van der Waals surface area contributed by atoms with Crippen LogP contribution in [0.25, 0.3) is 0 Å². The molecule has 5 nitrogen and oxygen atoms in total. The van der Waals surface area contributed by atoms with E-state index in [0.29, 0.717) is 6.54 Å². The molecule has 1 aromatic carbocycles. The minimum atomic E-state index is -1.31. The van der Waals surface area contributed by atoms with Crippen molar-refractivity contribution in [2.45, 2.75) is 25.1 Å². The van der Waals surface area contributed by atoms with Crippen LogP contribution in [0, 0.1) is 11.6 Å². The molecule has 0 spiro atoms. The maximum atomic E-state index is 13.3. The van der Waals surface area contributed by atoms with Crippen molar-refractivity contribution in [1.29, 1.82) is 0 Å². The minimum Gasteiger partial charge on any atom is -0.465 e. The number of carbonyl (C=O) groups is 1. The molecule has 0 unspecified atom stereocenters. The van der Waals surface area contributed by atoms with E-state index in [4.69, 9.17) is 5.11 Å². The van der Waals surface area contributed by atoms with Crippen LogP contribution in [0.1, 0.15) is 10.4 Å². The van der Waals surface area contributed by atoms with Gasteiger partial charge < -0.3 is 20.8 Å². The predicted octanol–water partition coefficient (Wildman–Crippen LogP) is 2.36. The number of hydrogen-bond donors (Lipinski definition) is 4. The van der Waals surface area contributed by atoms with Crippen LogP contribution in [-0.2, 0) is 13.0 Å². The summed E-state index contributed by atoms with van der Waals surface area (Å²) in [6.07, 6.45) is -2.38. The summed E-state index contributed by atoms with van der Waals surface area (Å²) in [5.41, 5.74) is 0.267. The molecule has 0 saturated heterocycles. The topological polar surface area (TPSA) is 81.6 Å². The largest absolute Gasteiger partial charge is 0.465 e. The molecule has 4 N–H and O–H groups in total. The molecule has 0 aliphatic rings.